The first-order valence-corrected chi connectivity index (χ1v) is 9.99. The number of nitrogens with one attached hydrogen (secondary N) is 1. The first-order chi connectivity index (χ1) is 14.4. The minimum atomic E-state index is -0.442. The lowest BCUT2D eigenvalue weighted by atomic mass is 10.0. The predicted octanol–water partition coefficient (Wildman–Crippen LogP) is 2.77. The van der Waals surface area contributed by atoms with Gasteiger partial charge < -0.3 is 15.0 Å². The van der Waals surface area contributed by atoms with Crippen LogP contribution in [0.1, 0.15) is 27.5 Å². The van der Waals surface area contributed by atoms with Gasteiger partial charge in [0.25, 0.3) is 11.6 Å². The molecule has 0 bridgehead atoms. The molecule has 1 N–H and O–H groups in total. The standard InChI is InChI=1S/C22H28N4O4/c1-16-14-18(6-9-20(16)26(28)29)22(27)23-15-21(25-10-12-30-13-11-25)17-4-7-19(8-5-17)24(2)3/h4-9,14,21H,10-13,15H2,1-3H3,(H,23,27)/t21-/m1/s1. The zero-order valence-electron chi connectivity index (χ0n) is 17.6. The van der Waals surface area contributed by atoms with E-state index in [1.807, 2.05) is 19.0 Å². The number of nitro benzene ring substituents is 1. The van der Waals surface area contributed by atoms with Gasteiger partial charge in [-0.2, -0.15) is 0 Å². The molecule has 8 nitrogen and oxygen atoms in total. The summed E-state index contributed by atoms with van der Waals surface area (Å²) in [7, 11) is 4.00. The van der Waals surface area contributed by atoms with Crippen molar-refractivity contribution in [2.75, 3.05) is 51.8 Å². The van der Waals surface area contributed by atoms with Crippen molar-refractivity contribution in [2.24, 2.45) is 0 Å². The van der Waals surface area contributed by atoms with Crippen LogP contribution in [0.2, 0.25) is 0 Å². The predicted molar refractivity (Wildman–Crippen MR) is 116 cm³/mol. The van der Waals surface area contributed by atoms with Crippen molar-refractivity contribution >= 4 is 17.3 Å². The van der Waals surface area contributed by atoms with Crippen molar-refractivity contribution < 1.29 is 14.5 Å². The zero-order valence-corrected chi connectivity index (χ0v) is 17.6. The lowest BCUT2D eigenvalue weighted by molar-refractivity contribution is -0.385. The summed E-state index contributed by atoms with van der Waals surface area (Å²) >= 11 is 0. The quantitative estimate of drug-likeness (QED) is 0.556. The number of anilines is 1. The van der Waals surface area contributed by atoms with Crippen molar-refractivity contribution in [3.8, 4) is 0 Å². The fourth-order valence-corrected chi connectivity index (χ4v) is 3.63. The van der Waals surface area contributed by atoms with Gasteiger partial charge in [0.05, 0.1) is 24.2 Å². The molecule has 2 aromatic rings. The van der Waals surface area contributed by atoms with Gasteiger partial charge in [-0.3, -0.25) is 19.8 Å². The van der Waals surface area contributed by atoms with Gasteiger partial charge in [0.2, 0.25) is 0 Å². The van der Waals surface area contributed by atoms with E-state index in [0.29, 0.717) is 30.9 Å². The molecular formula is C22H28N4O4. The number of nitrogens with zero attached hydrogens (tertiary/aromatic N) is 3. The van der Waals surface area contributed by atoms with Gasteiger partial charge in [0, 0.05) is 56.6 Å². The molecule has 8 heteroatoms. The maximum absolute atomic E-state index is 12.7. The Morgan fingerprint density at radius 1 is 1.20 bits per heavy atom. The Labute approximate surface area is 176 Å². The molecule has 1 aliphatic heterocycles. The SMILES string of the molecule is Cc1cc(C(=O)NC[C@H](c2ccc(N(C)C)cc2)N2CCOCC2)ccc1[N+](=O)[O-]. The van der Waals surface area contributed by atoms with Crippen LogP contribution in [0.5, 0.6) is 0 Å². The lowest BCUT2D eigenvalue weighted by Crippen LogP contribution is -2.43. The van der Waals surface area contributed by atoms with E-state index in [4.69, 9.17) is 4.74 Å². The van der Waals surface area contributed by atoms with Crippen LogP contribution in [0.3, 0.4) is 0 Å². The highest BCUT2D eigenvalue weighted by Gasteiger charge is 2.24. The Morgan fingerprint density at radius 3 is 2.43 bits per heavy atom. The molecule has 1 amide bonds. The van der Waals surface area contributed by atoms with Crippen LogP contribution in [-0.2, 0) is 4.74 Å². The first kappa shape index (κ1) is 21.7. The first-order valence-electron chi connectivity index (χ1n) is 9.99. The molecule has 0 aliphatic carbocycles. The van der Waals surface area contributed by atoms with Gasteiger partial charge in [-0.1, -0.05) is 12.1 Å². The topological polar surface area (TPSA) is 88.0 Å². The third kappa shape index (κ3) is 5.14. The summed E-state index contributed by atoms with van der Waals surface area (Å²) in [5, 5.41) is 14.0. The Balaban J connectivity index is 1.75. The largest absolute Gasteiger partial charge is 0.379 e. The third-order valence-electron chi connectivity index (χ3n) is 5.39. The summed E-state index contributed by atoms with van der Waals surface area (Å²) in [5.74, 6) is -0.240. The second kappa shape index (κ2) is 9.69. The molecule has 0 saturated carbocycles. The number of carbonyl (C=O) groups is 1. The smallest absolute Gasteiger partial charge is 0.272 e. The normalized spacial score (nSPS) is 15.4. The van der Waals surface area contributed by atoms with E-state index in [-0.39, 0.29) is 17.6 Å². The maximum Gasteiger partial charge on any atom is 0.272 e. The second-order valence-corrected chi connectivity index (χ2v) is 7.62. The Kier molecular flexibility index (Phi) is 7.02. The third-order valence-corrected chi connectivity index (χ3v) is 5.39. The summed E-state index contributed by atoms with van der Waals surface area (Å²) in [6.07, 6.45) is 0. The fraction of sp³-hybridized carbons (Fsp3) is 0.409. The van der Waals surface area contributed by atoms with E-state index in [0.717, 1.165) is 24.3 Å². The molecule has 1 aliphatic rings. The van der Waals surface area contributed by atoms with E-state index in [2.05, 4.69) is 34.5 Å². The summed E-state index contributed by atoms with van der Waals surface area (Å²) in [4.78, 5) is 27.6. The van der Waals surface area contributed by atoms with Crippen molar-refractivity contribution in [1.82, 2.24) is 10.2 Å². The average molecular weight is 412 g/mol. The number of amides is 1. The average Bonchev–Trinajstić information content (AvgIpc) is 2.74. The molecule has 0 radical (unpaired) electrons. The molecule has 160 valence electrons. The minimum absolute atomic E-state index is 0.0127. The summed E-state index contributed by atoms with van der Waals surface area (Å²) in [6, 6.07) is 12.8. The number of hydrogen-bond donors (Lipinski definition) is 1. The Hall–Kier alpha value is -2.97. The summed E-state index contributed by atoms with van der Waals surface area (Å²) in [6.45, 7) is 5.01. The van der Waals surface area contributed by atoms with E-state index in [1.165, 1.54) is 12.1 Å². The summed E-state index contributed by atoms with van der Waals surface area (Å²) < 4.78 is 5.48. The highest BCUT2D eigenvalue weighted by molar-refractivity contribution is 5.94. The van der Waals surface area contributed by atoms with Crippen LogP contribution >= 0.6 is 0 Å². The van der Waals surface area contributed by atoms with Gasteiger partial charge >= 0.3 is 0 Å². The number of nitro groups is 1. The number of benzene rings is 2. The van der Waals surface area contributed by atoms with E-state index >= 15 is 0 Å². The molecule has 3 rings (SSSR count). The van der Waals surface area contributed by atoms with Crippen LogP contribution in [0.4, 0.5) is 11.4 Å². The van der Waals surface area contributed by atoms with Crippen LogP contribution in [0, 0.1) is 17.0 Å². The molecule has 1 heterocycles. The van der Waals surface area contributed by atoms with E-state index in [1.54, 1.807) is 13.0 Å². The molecule has 30 heavy (non-hydrogen) atoms. The molecule has 1 fully saturated rings. The van der Waals surface area contributed by atoms with Crippen LogP contribution in [-0.4, -0.2) is 62.7 Å². The van der Waals surface area contributed by atoms with Gasteiger partial charge in [0.15, 0.2) is 0 Å². The van der Waals surface area contributed by atoms with Gasteiger partial charge in [-0.05, 0) is 36.8 Å². The van der Waals surface area contributed by atoms with Crippen molar-refractivity contribution in [3.63, 3.8) is 0 Å². The maximum atomic E-state index is 12.7. The molecule has 0 aromatic heterocycles. The highest BCUT2D eigenvalue weighted by Crippen LogP contribution is 2.24. The van der Waals surface area contributed by atoms with Gasteiger partial charge in [-0.15, -0.1) is 0 Å². The highest BCUT2D eigenvalue weighted by atomic mass is 16.6. The number of hydrogen-bond acceptors (Lipinski definition) is 6. The van der Waals surface area contributed by atoms with Crippen molar-refractivity contribution in [2.45, 2.75) is 13.0 Å². The van der Waals surface area contributed by atoms with Gasteiger partial charge in [0.1, 0.15) is 0 Å². The fourth-order valence-electron chi connectivity index (χ4n) is 3.63. The van der Waals surface area contributed by atoms with Crippen LogP contribution < -0.4 is 10.2 Å². The monoisotopic (exact) mass is 412 g/mol. The minimum Gasteiger partial charge on any atom is -0.379 e. The molecule has 1 saturated heterocycles. The molecule has 1 atom stereocenters. The number of rotatable bonds is 7. The zero-order chi connectivity index (χ0) is 21.7. The summed E-state index contributed by atoms with van der Waals surface area (Å²) in [5.41, 5.74) is 3.14. The van der Waals surface area contributed by atoms with Gasteiger partial charge in [-0.25, -0.2) is 0 Å². The van der Waals surface area contributed by atoms with Crippen LogP contribution in [0.25, 0.3) is 0 Å². The second-order valence-electron chi connectivity index (χ2n) is 7.62. The number of carbonyl (C=O) groups excluding carboxylic acids is 1. The number of ether oxygens (including phenoxy) is 1. The number of aryl methyl sites for hydroxylation is 1. The molecule has 0 unspecified atom stereocenters. The lowest BCUT2D eigenvalue weighted by Gasteiger charge is -2.35. The van der Waals surface area contributed by atoms with Crippen LogP contribution in [0.15, 0.2) is 42.5 Å². The number of morpholine rings is 1. The Bertz CT molecular complexity index is 893. The molecular weight excluding hydrogens is 384 g/mol. The molecule has 0 spiro atoms. The van der Waals surface area contributed by atoms with E-state index < -0.39 is 4.92 Å². The van der Waals surface area contributed by atoms with Crippen molar-refractivity contribution in [1.29, 1.82) is 0 Å². The van der Waals surface area contributed by atoms with E-state index in [9.17, 15) is 14.9 Å². The molecule has 2 aromatic carbocycles. The Morgan fingerprint density at radius 2 is 1.87 bits per heavy atom. The van der Waals surface area contributed by atoms with Crippen molar-refractivity contribution in [3.05, 3.63) is 69.3 Å².